The van der Waals surface area contributed by atoms with Crippen molar-refractivity contribution >= 4 is 33.8 Å². The molecule has 3 aromatic rings. The van der Waals surface area contributed by atoms with Gasteiger partial charge in [0.25, 0.3) is 0 Å². The minimum Gasteiger partial charge on any atom is -0.497 e. The molecule has 0 fully saturated rings. The molecule has 144 valence electrons. The first-order chi connectivity index (χ1) is 14.0. The highest BCUT2D eigenvalue weighted by Gasteiger charge is 2.27. The van der Waals surface area contributed by atoms with E-state index in [2.05, 4.69) is 15.9 Å². The Balaban J connectivity index is 1.54. The average molecular weight is 451 g/mol. The van der Waals surface area contributed by atoms with Crippen molar-refractivity contribution in [2.45, 2.75) is 0 Å². The van der Waals surface area contributed by atoms with Gasteiger partial charge in [0.2, 0.25) is 5.78 Å². The number of carbonyl (C=O) groups is 2. The van der Waals surface area contributed by atoms with Crippen molar-refractivity contribution in [2.75, 3.05) is 7.11 Å². The van der Waals surface area contributed by atoms with Crippen LogP contribution >= 0.6 is 15.9 Å². The molecule has 3 aromatic carbocycles. The van der Waals surface area contributed by atoms with Crippen molar-refractivity contribution in [3.8, 4) is 17.2 Å². The Bertz CT molecular complexity index is 1130. The van der Waals surface area contributed by atoms with E-state index in [0.717, 1.165) is 4.47 Å². The minimum absolute atomic E-state index is 0.199. The van der Waals surface area contributed by atoms with Gasteiger partial charge in [-0.3, -0.25) is 4.79 Å². The second-order valence-electron chi connectivity index (χ2n) is 6.27. The summed E-state index contributed by atoms with van der Waals surface area (Å²) in [5.41, 5.74) is 1.60. The van der Waals surface area contributed by atoms with E-state index >= 15 is 0 Å². The van der Waals surface area contributed by atoms with E-state index in [-0.39, 0.29) is 11.5 Å². The minimum atomic E-state index is -0.463. The fraction of sp³-hybridized carbons (Fsp3) is 0.0435. The summed E-state index contributed by atoms with van der Waals surface area (Å²) in [5, 5.41) is 0. The Morgan fingerprint density at radius 1 is 1.00 bits per heavy atom. The molecule has 1 aliphatic rings. The predicted molar refractivity (Wildman–Crippen MR) is 111 cm³/mol. The maximum absolute atomic E-state index is 12.6. The number of Topliss-reactive ketones (excluding diaryl/α,β-unsaturated/α-hetero) is 1. The summed E-state index contributed by atoms with van der Waals surface area (Å²) in [6.07, 6.45) is 1.62. The number of fused-ring (bicyclic) bond motifs is 1. The van der Waals surface area contributed by atoms with Gasteiger partial charge < -0.3 is 14.2 Å². The molecule has 0 saturated carbocycles. The number of hydrogen-bond acceptors (Lipinski definition) is 5. The van der Waals surface area contributed by atoms with Crippen LogP contribution in [0, 0.1) is 0 Å². The summed E-state index contributed by atoms with van der Waals surface area (Å²) in [7, 11) is 1.55. The van der Waals surface area contributed by atoms with E-state index in [9.17, 15) is 9.59 Å². The van der Waals surface area contributed by atoms with Crippen LogP contribution in [0.15, 0.2) is 77.0 Å². The molecule has 1 heterocycles. The van der Waals surface area contributed by atoms with Gasteiger partial charge in [-0.2, -0.15) is 0 Å². The van der Waals surface area contributed by atoms with E-state index in [1.54, 1.807) is 79.9 Å². The van der Waals surface area contributed by atoms with E-state index < -0.39 is 5.97 Å². The summed E-state index contributed by atoms with van der Waals surface area (Å²) in [6, 6.07) is 18.8. The Morgan fingerprint density at radius 2 is 1.79 bits per heavy atom. The molecule has 0 bridgehead atoms. The molecule has 0 amide bonds. The van der Waals surface area contributed by atoms with Gasteiger partial charge in [-0.15, -0.1) is 0 Å². The molecule has 6 heteroatoms. The predicted octanol–water partition coefficient (Wildman–Crippen LogP) is 5.29. The van der Waals surface area contributed by atoms with Gasteiger partial charge >= 0.3 is 5.97 Å². The van der Waals surface area contributed by atoms with Gasteiger partial charge in [-0.05, 0) is 60.2 Å². The maximum atomic E-state index is 12.6. The molecule has 0 aromatic heterocycles. The highest BCUT2D eigenvalue weighted by Crippen LogP contribution is 2.35. The number of halogens is 1. The molecule has 0 aliphatic carbocycles. The molecule has 0 saturated heterocycles. The van der Waals surface area contributed by atoms with E-state index in [0.29, 0.717) is 33.9 Å². The molecule has 0 atom stereocenters. The van der Waals surface area contributed by atoms with E-state index in [1.165, 1.54) is 0 Å². The van der Waals surface area contributed by atoms with Crippen LogP contribution < -0.4 is 14.2 Å². The Labute approximate surface area is 175 Å². The molecule has 0 radical (unpaired) electrons. The Hall–Kier alpha value is -3.38. The number of carbonyl (C=O) groups excluding carboxylic acids is 2. The number of benzene rings is 3. The van der Waals surface area contributed by atoms with E-state index in [1.807, 2.05) is 0 Å². The van der Waals surface area contributed by atoms with Crippen LogP contribution in [-0.4, -0.2) is 18.9 Å². The van der Waals surface area contributed by atoms with Crippen LogP contribution in [0.3, 0.4) is 0 Å². The second kappa shape index (κ2) is 7.93. The number of ether oxygens (including phenoxy) is 3. The summed E-state index contributed by atoms with van der Waals surface area (Å²) >= 11 is 3.33. The fourth-order valence-corrected chi connectivity index (χ4v) is 3.13. The van der Waals surface area contributed by atoms with Crippen molar-refractivity contribution < 1.29 is 23.8 Å². The lowest BCUT2D eigenvalue weighted by Gasteiger charge is -2.06. The third-order valence-electron chi connectivity index (χ3n) is 4.32. The summed E-state index contributed by atoms with van der Waals surface area (Å²) in [6.45, 7) is 0. The number of ketones is 1. The summed E-state index contributed by atoms with van der Waals surface area (Å²) in [5.74, 6) is 0.967. The zero-order valence-corrected chi connectivity index (χ0v) is 16.9. The second-order valence-corrected chi connectivity index (χ2v) is 7.19. The number of esters is 1. The average Bonchev–Trinajstić information content (AvgIpc) is 3.03. The van der Waals surface area contributed by atoms with Gasteiger partial charge in [0, 0.05) is 10.5 Å². The number of hydrogen-bond donors (Lipinski definition) is 0. The lowest BCUT2D eigenvalue weighted by molar-refractivity contribution is 0.0734. The first-order valence-corrected chi connectivity index (χ1v) is 9.53. The van der Waals surface area contributed by atoms with Crippen molar-refractivity contribution in [2.24, 2.45) is 0 Å². The zero-order chi connectivity index (χ0) is 20.4. The monoisotopic (exact) mass is 450 g/mol. The van der Waals surface area contributed by atoms with Crippen molar-refractivity contribution in [3.05, 3.63) is 93.7 Å². The molecule has 1 aliphatic heterocycles. The molecule has 29 heavy (non-hydrogen) atoms. The van der Waals surface area contributed by atoms with Crippen molar-refractivity contribution in [1.29, 1.82) is 0 Å². The number of rotatable bonds is 4. The number of methoxy groups -OCH3 is 1. The van der Waals surface area contributed by atoms with Gasteiger partial charge in [-0.25, -0.2) is 4.79 Å². The van der Waals surface area contributed by atoms with Crippen LogP contribution in [-0.2, 0) is 0 Å². The maximum Gasteiger partial charge on any atom is 0.343 e. The number of allylic oxidation sites excluding steroid dienone is 1. The first kappa shape index (κ1) is 19.0. The van der Waals surface area contributed by atoms with E-state index in [4.69, 9.17) is 14.2 Å². The van der Waals surface area contributed by atoms with Crippen molar-refractivity contribution in [3.63, 3.8) is 0 Å². The van der Waals surface area contributed by atoms with Gasteiger partial charge in [0.1, 0.15) is 17.2 Å². The Kier molecular flexibility index (Phi) is 5.18. The largest absolute Gasteiger partial charge is 0.497 e. The zero-order valence-electron chi connectivity index (χ0n) is 15.3. The molecule has 0 N–H and O–H groups in total. The van der Waals surface area contributed by atoms with Crippen LogP contribution in [0.4, 0.5) is 0 Å². The van der Waals surface area contributed by atoms with Crippen LogP contribution in [0.1, 0.15) is 26.3 Å². The van der Waals surface area contributed by atoms with Gasteiger partial charge in [0.05, 0.1) is 18.2 Å². The molecular weight excluding hydrogens is 436 g/mol. The smallest absolute Gasteiger partial charge is 0.343 e. The third kappa shape index (κ3) is 4.07. The quantitative estimate of drug-likeness (QED) is 0.306. The topological polar surface area (TPSA) is 61.8 Å². The van der Waals surface area contributed by atoms with Crippen LogP contribution in [0.25, 0.3) is 6.08 Å². The summed E-state index contributed by atoms with van der Waals surface area (Å²) in [4.78, 5) is 24.9. The highest BCUT2D eigenvalue weighted by molar-refractivity contribution is 9.10. The highest BCUT2D eigenvalue weighted by atomic mass is 79.9. The van der Waals surface area contributed by atoms with Crippen LogP contribution in [0.5, 0.6) is 17.2 Å². The fourth-order valence-electron chi connectivity index (χ4n) is 2.87. The SMILES string of the molecule is COc1ccc2c(c1)O/C(=C\c1cccc(OC(=O)c3ccc(Br)cc3)c1)C2=O. The molecule has 0 unspecified atom stereocenters. The lowest BCUT2D eigenvalue weighted by Crippen LogP contribution is -2.08. The molecule has 0 spiro atoms. The van der Waals surface area contributed by atoms with Crippen molar-refractivity contribution in [1.82, 2.24) is 0 Å². The summed E-state index contributed by atoms with van der Waals surface area (Å²) < 4.78 is 17.2. The van der Waals surface area contributed by atoms with Gasteiger partial charge in [-0.1, -0.05) is 28.1 Å². The third-order valence-corrected chi connectivity index (χ3v) is 4.85. The standard InChI is InChI=1S/C23H15BrO5/c1-27-17-9-10-19-20(13-17)29-21(22(19)25)12-14-3-2-4-18(11-14)28-23(26)15-5-7-16(24)8-6-15/h2-13H,1H3/b21-12-. The molecule has 4 rings (SSSR count). The first-order valence-electron chi connectivity index (χ1n) is 8.73. The van der Waals surface area contributed by atoms with Gasteiger partial charge in [0.15, 0.2) is 5.76 Å². The molecular formula is C23H15BrO5. The molecule has 5 nitrogen and oxygen atoms in total. The Morgan fingerprint density at radius 3 is 2.55 bits per heavy atom. The van der Waals surface area contributed by atoms with Crippen LogP contribution in [0.2, 0.25) is 0 Å². The normalized spacial score (nSPS) is 13.7. The lowest BCUT2D eigenvalue weighted by atomic mass is 10.1.